The molecule has 1 heterocycles. The van der Waals surface area contributed by atoms with Crippen molar-refractivity contribution in [2.24, 2.45) is 0 Å². The van der Waals surface area contributed by atoms with Gasteiger partial charge in [-0.25, -0.2) is 0 Å². The molecule has 2 amide bonds. The summed E-state index contributed by atoms with van der Waals surface area (Å²) >= 11 is 0. The van der Waals surface area contributed by atoms with Crippen molar-refractivity contribution in [3.63, 3.8) is 0 Å². The van der Waals surface area contributed by atoms with Crippen LogP contribution in [0.3, 0.4) is 0 Å². The highest BCUT2D eigenvalue weighted by Crippen LogP contribution is 2.23. The van der Waals surface area contributed by atoms with Gasteiger partial charge in [0.05, 0.1) is 18.3 Å². The Balaban J connectivity index is 1.46. The molecular weight excluding hydrogens is 382 g/mol. The van der Waals surface area contributed by atoms with Crippen LogP contribution in [0, 0.1) is 0 Å². The number of benzene rings is 2. The molecule has 0 radical (unpaired) electrons. The number of carbonyl (C=O) groups is 2. The topological polar surface area (TPSA) is 88.7 Å². The summed E-state index contributed by atoms with van der Waals surface area (Å²) in [5.74, 6) is 0.248. The van der Waals surface area contributed by atoms with Gasteiger partial charge in [-0.1, -0.05) is 24.8 Å². The summed E-state index contributed by atoms with van der Waals surface area (Å²) in [6.07, 6.45) is 3.78. The van der Waals surface area contributed by atoms with Crippen molar-refractivity contribution in [2.75, 3.05) is 36.9 Å². The molecule has 0 spiro atoms. The Morgan fingerprint density at radius 2 is 1.97 bits per heavy atom. The molecule has 0 aromatic heterocycles. The Bertz CT molecular complexity index is 861. The van der Waals surface area contributed by atoms with Crippen molar-refractivity contribution < 1.29 is 19.1 Å². The van der Waals surface area contributed by atoms with Crippen molar-refractivity contribution in [3.05, 3.63) is 66.7 Å². The fraction of sp³-hybridized carbons (Fsp3) is 0.304. The molecule has 1 atom stereocenters. The predicted molar refractivity (Wildman–Crippen MR) is 117 cm³/mol. The minimum Gasteiger partial charge on any atom is -0.487 e. The summed E-state index contributed by atoms with van der Waals surface area (Å²) in [7, 11) is 0. The molecule has 0 saturated carbocycles. The van der Waals surface area contributed by atoms with E-state index in [4.69, 9.17) is 9.47 Å². The van der Waals surface area contributed by atoms with Gasteiger partial charge < -0.3 is 25.4 Å². The third kappa shape index (κ3) is 6.35. The Morgan fingerprint density at radius 3 is 2.70 bits per heavy atom. The van der Waals surface area contributed by atoms with E-state index in [1.165, 1.54) is 0 Å². The van der Waals surface area contributed by atoms with Crippen molar-refractivity contribution in [1.82, 2.24) is 5.32 Å². The molecule has 7 heteroatoms. The fourth-order valence-corrected chi connectivity index (χ4v) is 3.07. The van der Waals surface area contributed by atoms with Crippen molar-refractivity contribution in [2.45, 2.75) is 18.9 Å². The lowest BCUT2D eigenvalue weighted by molar-refractivity contribution is -0.114. The summed E-state index contributed by atoms with van der Waals surface area (Å²) in [4.78, 5) is 24.5. The lowest BCUT2D eigenvalue weighted by Crippen LogP contribution is -2.31. The normalized spacial score (nSPS) is 15.3. The molecular formula is C23H27N3O4. The van der Waals surface area contributed by atoms with Crippen LogP contribution < -0.4 is 20.7 Å². The number of anilines is 2. The van der Waals surface area contributed by atoms with Gasteiger partial charge in [0, 0.05) is 24.4 Å². The standard InChI is InChI=1S/C23H27N3O4/c1-2-13-30-21-8-4-3-7-20(21)26-22(27)16-24-18-11-9-17(10-12-18)23(28)25-15-19-6-5-14-29-19/h2-4,7-12,19,24H,1,5-6,13-16H2,(H,25,28)(H,26,27). The molecule has 2 aromatic carbocycles. The third-order valence-electron chi connectivity index (χ3n) is 4.63. The van der Waals surface area contributed by atoms with Crippen LogP contribution in [0.4, 0.5) is 11.4 Å². The maximum atomic E-state index is 12.3. The number of hydrogen-bond acceptors (Lipinski definition) is 5. The summed E-state index contributed by atoms with van der Waals surface area (Å²) in [5, 5.41) is 8.77. The van der Waals surface area contributed by atoms with Gasteiger partial charge >= 0.3 is 0 Å². The van der Waals surface area contributed by atoms with Crippen LogP contribution in [0.5, 0.6) is 5.75 Å². The second kappa shape index (κ2) is 11.0. The largest absolute Gasteiger partial charge is 0.487 e. The Kier molecular flexibility index (Phi) is 7.86. The molecule has 3 N–H and O–H groups in total. The van der Waals surface area contributed by atoms with Gasteiger partial charge in [-0.2, -0.15) is 0 Å². The molecule has 2 aromatic rings. The number of carbonyl (C=O) groups excluding carboxylic acids is 2. The summed E-state index contributed by atoms with van der Waals surface area (Å²) in [6.45, 7) is 5.36. The minimum atomic E-state index is -0.206. The molecule has 7 nitrogen and oxygen atoms in total. The first-order valence-electron chi connectivity index (χ1n) is 10.0. The lowest BCUT2D eigenvalue weighted by Gasteiger charge is -2.13. The van der Waals surface area contributed by atoms with Crippen molar-refractivity contribution in [1.29, 1.82) is 0 Å². The molecule has 1 saturated heterocycles. The van der Waals surface area contributed by atoms with Crippen molar-refractivity contribution in [3.8, 4) is 5.75 Å². The molecule has 3 rings (SSSR count). The van der Waals surface area contributed by atoms with Crippen LogP contribution in [-0.4, -0.2) is 44.2 Å². The highest BCUT2D eigenvalue weighted by Gasteiger charge is 2.16. The molecule has 0 aliphatic carbocycles. The predicted octanol–water partition coefficient (Wildman–Crippen LogP) is 3.21. The van der Waals surface area contributed by atoms with E-state index in [1.54, 1.807) is 42.5 Å². The average Bonchev–Trinajstić information content (AvgIpc) is 3.29. The van der Waals surface area contributed by atoms with E-state index < -0.39 is 0 Å². The van der Waals surface area contributed by atoms with E-state index in [0.717, 1.165) is 25.1 Å². The van der Waals surface area contributed by atoms with E-state index in [-0.39, 0.29) is 24.5 Å². The quantitative estimate of drug-likeness (QED) is 0.525. The molecule has 158 valence electrons. The monoisotopic (exact) mass is 409 g/mol. The zero-order valence-corrected chi connectivity index (χ0v) is 16.9. The van der Waals surface area contributed by atoms with Crippen LogP contribution in [0.1, 0.15) is 23.2 Å². The molecule has 1 fully saturated rings. The third-order valence-corrected chi connectivity index (χ3v) is 4.63. The lowest BCUT2D eigenvalue weighted by atomic mass is 10.2. The number of amides is 2. The van der Waals surface area contributed by atoms with Gasteiger partial charge in [0.2, 0.25) is 5.91 Å². The zero-order chi connectivity index (χ0) is 21.2. The molecule has 0 bridgehead atoms. The Hall–Kier alpha value is -3.32. The zero-order valence-electron chi connectivity index (χ0n) is 16.9. The first kappa shape index (κ1) is 21.4. The van der Waals surface area contributed by atoms with Gasteiger partial charge in [-0.15, -0.1) is 0 Å². The van der Waals surface area contributed by atoms with E-state index in [1.807, 2.05) is 12.1 Å². The second-order valence-electron chi connectivity index (χ2n) is 6.92. The minimum absolute atomic E-state index is 0.0837. The number of ether oxygens (including phenoxy) is 2. The van der Waals surface area contributed by atoms with E-state index in [0.29, 0.717) is 30.2 Å². The Morgan fingerprint density at radius 1 is 1.17 bits per heavy atom. The van der Waals surface area contributed by atoms with Crippen LogP contribution in [0.15, 0.2) is 61.2 Å². The van der Waals surface area contributed by atoms with Crippen LogP contribution in [0.25, 0.3) is 0 Å². The summed E-state index contributed by atoms with van der Waals surface area (Å²) < 4.78 is 11.0. The number of rotatable bonds is 10. The SMILES string of the molecule is C=CCOc1ccccc1NC(=O)CNc1ccc(C(=O)NCC2CCCO2)cc1. The first-order chi connectivity index (χ1) is 14.7. The number of para-hydroxylation sites is 2. The van der Waals surface area contributed by atoms with E-state index in [9.17, 15) is 9.59 Å². The van der Waals surface area contributed by atoms with Crippen LogP contribution in [-0.2, 0) is 9.53 Å². The number of nitrogens with one attached hydrogen (secondary N) is 3. The van der Waals surface area contributed by atoms with Gasteiger partial charge in [-0.3, -0.25) is 9.59 Å². The fourth-order valence-electron chi connectivity index (χ4n) is 3.07. The van der Waals surface area contributed by atoms with Crippen LogP contribution in [0.2, 0.25) is 0 Å². The van der Waals surface area contributed by atoms with Gasteiger partial charge in [0.25, 0.3) is 5.91 Å². The second-order valence-corrected chi connectivity index (χ2v) is 6.92. The molecule has 1 aliphatic heterocycles. The first-order valence-corrected chi connectivity index (χ1v) is 10.0. The van der Waals surface area contributed by atoms with Gasteiger partial charge in [0.15, 0.2) is 0 Å². The van der Waals surface area contributed by atoms with E-state index >= 15 is 0 Å². The summed E-state index contributed by atoms with van der Waals surface area (Å²) in [6, 6.07) is 14.2. The highest BCUT2D eigenvalue weighted by molar-refractivity contribution is 5.96. The molecule has 1 unspecified atom stereocenters. The summed E-state index contributed by atoms with van der Waals surface area (Å²) in [5.41, 5.74) is 1.91. The van der Waals surface area contributed by atoms with E-state index in [2.05, 4.69) is 22.5 Å². The van der Waals surface area contributed by atoms with Crippen LogP contribution >= 0.6 is 0 Å². The maximum absolute atomic E-state index is 12.3. The Labute approximate surface area is 176 Å². The van der Waals surface area contributed by atoms with Crippen molar-refractivity contribution >= 4 is 23.2 Å². The maximum Gasteiger partial charge on any atom is 0.251 e. The average molecular weight is 409 g/mol. The van der Waals surface area contributed by atoms with Gasteiger partial charge in [-0.05, 0) is 49.2 Å². The smallest absolute Gasteiger partial charge is 0.251 e. The number of hydrogen-bond donors (Lipinski definition) is 3. The highest BCUT2D eigenvalue weighted by atomic mass is 16.5. The van der Waals surface area contributed by atoms with Gasteiger partial charge in [0.1, 0.15) is 12.4 Å². The molecule has 1 aliphatic rings. The molecule has 30 heavy (non-hydrogen) atoms.